The van der Waals surface area contributed by atoms with Crippen molar-refractivity contribution in [1.29, 1.82) is 0 Å². The summed E-state index contributed by atoms with van der Waals surface area (Å²) in [6, 6.07) is 2.51. The number of hydrogen-bond acceptors (Lipinski definition) is 2. The van der Waals surface area contributed by atoms with E-state index in [1.807, 2.05) is 0 Å². The zero-order chi connectivity index (χ0) is 15.5. The van der Waals surface area contributed by atoms with Gasteiger partial charge in [0.2, 0.25) is 11.8 Å². The molecule has 1 rings (SSSR count). The highest BCUT2D eigenvalue weighted by Gasteiger charge is 2.33. The lowest BCUT2D eigenvalue weighted by atomic mass is 10.2. The van der Waals surface area contributed by atoms with Gasteiger partial charge in [-0.3, -0.25) is 9.59 Å². The number of carbonyl (C=O) groups is 2. The Morgan fingerprint density at radius 2 is 1.90 bits per heavy atom. The molecule has 0 aromatic heterocycles. The molecule has 0 heterocycles. The van der Waals surface area contributed by atoms with Crippen LogP contribution in [-0.4, -0.2) is 17.9 Å². The molecule has 1 aromatic rings. The first-order valence-corrected chi connectivity index (χ1v) is 6.35. The van der Waals surface area contributed by atoms with Gasteiger partial charge in [-0.1, -0.05) is 15.9 Å². The van der Waals surface area contributed by atoms with E-state index >= 15 is 0 Å². The summed E-state index contributed by atoms with van der Waals surface area (Å²) in [6.07, 6.45) is -4.52. The molecule has 1 aromatic carbocycles. The molecule has 110 valence electrons. The van der Waals surface area contributed by atoms with E-state index in [9.17, 15) is 22.8 Å². The minimum atomic E-state index is -4.52. The molecule has 20 heavy (non-hydrogen) atoms. The molecule has 0 aliphatic rings. The maximum Gasteiger partial charge on any atom is 0.417 e. The molecule has 0 bridgehead atoms. The highest BCUT2D eigenvalue weighted by molar-refractivity contribution is 9.10. The Hall–Kier alpha value is -1.57. The monoisotopic (exact) mass is 352 g/mol. The molecule has 0 fully saturated rings. The zero-order valence-corrected chi connectivity index (χ0v) is 12.2. The molecule has 1 unspecified atom stereocenters. The number of halogens is 4. The van der Waals surface area contributed by atoms with Gasteiger partial charge < -0.3 is 10.6 Å². The van der Waals surface area contributed by atoms with Crippen LogP contribution in [0.15, 0.2) is 22.7 Å². The first-order chi connectivity index (χ1) is 9.11. The summed E-state index contributed by atoms with van der Waals surface area (Å²) in [6.45, 7) is 2.67. The summed E-state index contributed by atoms with van der Waals surface area (Å²) in [4.78, 5) is 22.5. The van der Waals surface area contributed by atoms with Crippen LogP contribution in [0.1, 0.15) is 19.4 Å². The van der Waals surface area contributed by atoms with Gasteiger partial charge in [0.05, 0.1) is 5.56 Å². The average Bonchev–Trinajstić information content (AvgIpc) is 2.29. The molecule has 0 aliphatic heterocycles. The number of alkyl halides is 3. The summed E-state index contributed by atoms with van der Waals surface area (Å²) in [5.74, 6) is -1.00. The molecule has 8 heteroatoms. The Bertz CT molecular complexity index is 532. The fourth-order valence-electron chi connectivity index (χ4n) is 1.44. The molecular formula is C12H12BrF3N2O2. The first kappa shape index (κ1) is 16.5. The highest BCUT2D eigenvalue weighted by Crippen LogP contribution is 2.36. The number of amides is 2. The van der Waals surface area contributed by atoms with Crippen molar-refractivity contribution in [3.8, 4) is 0 Å². The highest BCUT2D eigenvalue weighted by atomic mass is 79.9. The minimum Gasteiger partial charge on any atom is -0.345 e. The largest absolute Gasteiger partial charge is 0.417 e. The molecule has 0 spiro atoms. The predicted octanol–water partition coefficient (Wildman–Crippen LogP) is 2.93. The summed E-state index contributed by atoms with van der Waals surface area (Å²) >= 11 is 2.80. The maximum atomic E-state index is 12.7. The van der Waals surface area contributed by atoms with Gasteiger partial charge >= 0.3 is 6.18 Å². The lowest BCUT2D eigenvalue weighted by Gasteiger charge is -2.15. The third kappa shape index (κ3) is 4.52. The van der Waals surface area contributed by atoms with Crippen molar-refractivity contribution in [1.82, 2.24) is 5.32 Å². The molecule has 1 atom stereocenters. The average molecular weight is 353 g/mol. The van der Waals surface area contributed by atoms with Crippen LogP contribution >= 0.6 is 15.9 Å². The quantitative estimate of drug-likeness (QED) is 0.878. The number of nitrogens with one attached hydrogen (secondary N) is 2. The normalized spacial score (nSPS) is 12.7. The van der Waals surface area contributed by atoms with E-state index in [1.165, 1.54) is 26.0 Å². The van der Waals surface area contributed by atoms with Gasteiger partial charge in [0.15, 0.2) is 0 Å². The van der Waals surface area contributed by atoms with Crippen molar-refractivity contribution < 1.29 is 22.8 Å². The Balaban J connectivity index is 2.89. The lowest BCUT2D eigenvalue weighted by Crippen LogP contribution is -2.40. The second-order valence-electron chi connectivity index (χ2n) is 4.10. The van der Waals surface area contributed by atoms with Crippen LogP contribution in [0.5, 0.6) is 0 Å². The number of anilines is 1. The fraction of sp³-hybridized carbons (Fsp3) is 0.333. The second kappa shape index (κ2) is 6.25. The Labute approximate surface area is 121 Å². The van der Waals surface area contributed by atoms with E-state index in [4.69, 9.17) is 0 Å². The van der Waals surface area contributed by atoms with E-state index in [-0.39, 0.29) is 10.2 Å². The van der Waals surface area contributed by atoms with E-state index < -0.39 is 29.6 Å². The van der Waals surface area contributed by atoms with Crippen LogP contribution in [0.2, 0.25) is 0 Å². The Morgan fingerprint density at radius 3 is 2.40 bits per heavy atom. The van der Waals surface area contributed by atoms with Gasteiger partial charge in [-0.25, -0.2) is 0 Å². The molecule has 2 amide bonds. The molecule has 0 saturated heterocycles. The summed E-state index contributed by atoms with van der Waals surface area (Å²) < 4.78 is 38.0. The van der Waals surface area contributed by atoms with E-state index in [0.717, 1.165) is 6.07 Å². The van der Waals surface area contributed by atoms with Crippen molar-refractivity contribution >= 4 is 33.4 Å². The number of rotatable bonds is 3. The van der Waals surface area contributed by atoms with E-state index in [1.54, 1.807) is 0 Å². The van der Waals surface area contributed by atoms with Crippen molar-refractivity contribution in [3.63, 3.8) is 0 Å². The summed E-state index contributed by atoms with van der Waals surface area (Å²) in [5, 5.41) is 4.65. The third-order valence-electron chi connectivity index (χ3n) is 2.35. The van der Waals surface area contributed by atoms with Gasteiger partial charge in [0.25, 0.3) is 0 Å². The summed E-state index contributed by atoms with van der Waals surface area (Å²) in [7, 11) is 0. The van der Waals surface area contributed by atoms with Crippen molar-refractivity contribution in [2.24, 2.45) is 0 Å². The second-order valence-corrected chi connectivity index (χ2v) is 4.96. The van der Waals surface area contributed by atoms with Crippen LogP contribution in [0, 0.1) is 0 Å². The van der Waals surface area contributed by atoms with Crippen LogP contribution in [0.25, 0.3) is 0 Å². The van der Waals surface area contributed by atoms with Crippen molar-refractivity contribution in [2.75, 3.05) is 5.32 Å². The first-order valence-electron chi connectivity index (χ1n) is 5.56. The molecule has 4 nitrogen and oxygen atoms in total. The number of carbonyl (C=O) groups excluding carboxylic acids is 2. The van der Waals surface area contributed by atoms with Crippen molar-refractivity contribution in [3.05, 3.63) is 28.2 Å². The number of hydrogen-bond donors (Lipinski definition) is 2. The smallest absolute Gasteiger partial charge is 0.345 e. The number of benzene rings is 1. The zero-order valence-electron chi connectivity index (χ0n) is 10.6. The minimum absolute atomic E-state index is 0.00253. The van der Waals surface area contributed by atoms with Gasteiger partial charge in [0.1, 0.15) is 6.04 Å². The molecule has 0 radical (unpaired) electrons. The summed E-state index contributed by atoms with van der Waals surface area (Å²) in [5.41, 5.74) is -0.884. The molecule has 2 N–H and O–H groups in total. The predicted molar refractivity (Wildman–Crippen MR) is 71.1 cm³/mol. The standard InChI is InChI=1S/C12H12BrF3N2O2/c1-6(17-7(2)19)11(20)18-8-3-4-10(13)9(5-8)12(14,15)16/h3-6H,1-2H3,(H,17,19)(H,18,20). The van der Waals surface area contributed by atoms with Gasteiger partial charge in [-0.05, 0) is 25.1 Å². The van der Waals surface area contributed by atoms with Crippen molar-refractivity contribution in [2.45, 2.75) is 26.1 Å². The van der Waals surface area contributed by atoms with E-state index in [0.29, 0.717) is 0 Å². The van der Waals surface area contributed by atoms with Gasteiger partial charge in [0, 0.05) is 17.1 Å². The van der Waals surface area contributed by atoms with Gasteiger partial charge in [-0.2, -0.15) is 13.2 Å². The molecular weight excluding hydrogens is 341 g/mol. The van der Waals surface area contributed by atoms with Crippen LogP contribution in [0.3, 0.4) is 0 Å². The molecule has 0 saturated carbocycles. The third-order valence-corrected chi connectivity index (χ3v) is 3.04. The molecule has 0 aliphatic carbocycles. The van der Waals surface area contributed by atoms with Crippen LogP contribution in [-0.2, 0) is 15.8 Å². The lowest BCUT2D eigenvalue weighted by molar-refractivity contribution is -0.138. The Kier molecular flexibility index (Phi) is 5.15. The van der Waals surface area contributed by atoms with Crippen LogP contribution in [0.4, 0.5) is 18.9 Å². The fourth-order valence-corrected chi connectivity index (χ4v) is 1.91. The maximum absolute atomic E-state index is 12.7. The van der Waals surface area contributed by atoms with Gasteiger partial charge in [-0.15, -0.1) is 0 Å². The van der Waals surface area contributed by atoms with E-state index in [2.05, 4.69) is 26.6 Å². The topological polar surface area (TPSA) is 58.2 Å². The Morgan fingerprint density at radius 1 is 1.30 bits per heavy atom. The van der Waals surface area contributed by atoms with Crippen LogP contribution < -0.4 is 10.6 Å². The SMILES string of the molecule is CC(=O)NC(C)C(=O)Nc1ccc(Br)c(C(F)(F)F)c1.